The fourth-order valence-electron chi connectivity index (χ4n) is 3.44. The van der Waals surface area contributed by atoms with Crippen LogP contribution in [0.3, 0.4) is 0 Å². The minimum atomic E-state index is -0.413. The van der Waals surface area contributed by atoms with E-state index in [4.69, 9.17) is 0 Å². The van der Waals surface area contributed by atoms with Gasteiger partial charge in [0.15, 0.2) is 11.0 Å². The summed E-state index contributed by atoms with van der Waals surface area (Å²) in [5, 5.41) is 20.2. The zero-order valence-corrected chi connectivity index (χ0v) is 16.6. The van der Waals surface area contributed by atoms with E-state index in [1.807, 2.05) is 4.90 Å². The average Bonchev–Trinajstić information content (AvgIpc) is 3.45. The number of rotatable bonds is 6. The van der Waals surface area contributed by atoms with Gasteiger partial charge in [0.1, 0.15) is 0 Å². The van der Waals surface area contributed by atoms with Crippen LogP contribution >= 0.6 is 11.8 Å². The van der Waals surface area contributed by atoms with Crippen LogP contribution < -0.4 is 0 Å². The van der Waals surface area contributed by atoms with Gasteiger partial charge in [-0.1, -0.05) is 18.7 Å². The number of likely N-dealkylation sites (tertiary alicyclic amines) is 1. The summed E-state index contributed by atoms with van der Waals surface area (Å²) < 4.78 is 2.08. The van der Waals surface area contributed by atoms with Crippen molar-refractivity contribution in [3.05, 3.63) is 34.4 Å². The molecule has 4 rings (SSSR count). The highest BCUT2D eigenvalue weighted by molar-refractivity contribution is 7.99. The molecule has 1 aromatic heterocycles. The summed E-state index contributed by atoms with van der Waals surface area (Å²) in [6.45, 7) is 3.91. The molecule has 28 heavy (non-hydrogen) atoms. The second-order valence-electron chi connectivity index (χ2n) is 7.56. The van der Waals surface area contributed by atoms with Gasteiger partial charge in [-0.25, -0.2) is 0 Å². The molecule has 1 amide bonds. The van der Waals surface area contributed by atoms with E-state index >= 15 is 0 Å². The number of aromatic nitrogens is 3. The summed E-state index contributed by atoms with van der Waals surface area (Å²) in [4.78, 5) is 24.9. The van der Waals surface area contributed by atoms with Crippen LogP contribution in [0.4, 0.5) is 5.69 Å². The van der Waals surface area contributed by atoms with Crippen LogP contribution in [-0.2, 0) is 4.79 Å². The van der Waals surface area contributed by atoms with Gasteiger partial charge < -0.3 is 4.90 Å². The number of thioether (sulfide) groups is 1. The molecule has 9 heteroatoms. The third kappa shape index (κ3) is 4.04. The summed E-state index contributed by atoms with van der Waals surface area (Å²) >= 11 is 1.43. The molecule has 2 aromatic rings. The van der Waals surface area contributed by atoms with Gasteiger partial charge in [-0.15, -0.1) is 10.2 Å². The molecular weight excluding hydrogens is 378 g/mol. The second kappa shape index (κ2) is 7.90. The lowest BCUT2D eigenvalue weighted by Gasteiger charge is -2.30. The number of nitro groups is 1. The molecule has 1 saturated carbocycles. The number of amides is 1. The third-order valence-corrected chi connectivity index (χ3v) is 6.30. The Kier molecular flexibility index (Phi) is 5.34. The van der Waals surface area contributed by atoms with E-state index in [-0.39, 0.29) is 11.6 Å². The molecule has 1 aliphatic carbocycles. The molecule has 2 fully saturated rings. The predicted octanol–water partition coefficient (Wildman–Crippen LogP) is 3.54. The van der Waals surface area contributed by atoms with E-state index in [1.54, 1.807) is 12.1 Å². The van der Waals surface area contributed by atoms with Crippen molar-refractivity contribution in [2.75, 3.05) is 18.8 Å². The maximum atomic E-state index is 12.5. The highest BCUT2D eigenvalue weighted by Gasteiger charge is 2.31. The number of carbonyl (C=O) groups excluding carboxylic acids is 1. The van der Waals surface area contributed by atoms with Crippen LogP contribution in [0.5, 0.6) is 0 Å². The van der Waals surface area contributed by atoms with Gasteiger partial charge in [0.2, 0.25) is 5.91 Å². The van der Waals surface area contributed by atoms with Gasteiger partial charge in [-0.05, 0) is 43.7 Å². The van der Waals surface area contributed by atoms with Crippen LogP contribution in [0.15, 0.2) is 29.4 Å². The monoisotopic (exact) mass is 401 g/mol. The first-order valence-corrected chi connectivity index (χ1v) is 10.6. The Hall–Kier alpha value is -2.42. The lowest BCUT2D eigenvalue weighted by molar-refractivity contribution is -0.384. The van der Waals surface area contributed by atoms with Gasteiger partial charge in [0.25, 0.3) is 5.69 Å². The van der Waals surface area contributed by atoms with Gasteiger partial charge in [-0.3, -0.25) is 19.5 Å². The van der Waals surface area contributed by atoms with E-state index in [2.05, 4.69) is 21.7 Å². The van der Waals surface area contributed by atoms with Gasteiger partial charge in [0, 0.05) is 36.8 Å². The fraction of sp³-hybridized carbons (Fsp3) is 0.526. The number of piperidine rings is 1. The van der Waals surface area contributed by atoms with Gasteiger partial charge >= 0.3 is 0 Å². The maximum absolute atomic E-state index is 12.5. The van der Waals surface area contributed by atoms with Crippen molar-refractivity contribution in [3.8, 4) is 11.4 Å². The van der Waals surface area contributed by atoms with E-state index in [0.29, 0.717) is 23.5 Å². The summed E-state index contributed by atoms with van der Waals surface area (Å²) in [6, 6.07) is 6.71. The van der Waals surface area contributed by atoms with Crippen LogP contribution in [0.25, 0.3) is 11.4 Å². The van der Waals surface area contributed by atoms with Crippen molar-refractivity contribution in [3.63, 3.8) is 0 Å². The number of carbonyl (C=O) groups is 1. The van der Waals surface area contributed by atoms with Crippen molar-refractivity contribution >= 4 is 23.4 Å². The molecule has 0 spiro atoms. The Morgan fingerprint density at radius 1 is 1.18 bits per heavy atom. The number of non-ortho nitro benzene ring substituents is 1. The second-order valence-corrected chi connectivity index (χ2v) is 8.51. The maximum Gasteiger partial charge on any atom is 0.269 e. The molecule has 2 heterocycles. The molecule has 0 bridgehead atoms. The Bertz CT molecular complexity index is 870. The summed E-state index contributed by atoms with van der Waals surface area (Å²) in [6.07, 6.45) is 4.25. The van der Waals surface area contributed by atoms with Crippen molar-refractivity contribution in [2.45, 2.75) is 43.8 Å². The molecule has 0 atom stereocenters. The highest BCUT2D eigenvalue weighted by Crippen LogP contribution is 2.41. The molecule has 148 valence electrons. The first-order valence-electron chi connectivity index (χ1n) is 9.63. The smallest absolute Gasteiger partial charge is 0.269 e. The molecule has 0 radical (unpaired) electrons. The number of nitro benzene ring substituents is 1. The molecule has 1 saturated heterocycles. The predicted molar refractivity (Wildman–Crippen MR) is 106 cm³/mol. The summed E-state index contributed by atoms with van der Waals surface area (Å²) in [5.41, 5.74) is 0.852. The number of benzene rings is 1. The van der Waals surface area contributed by atoms with Crippen LogP contribution in [0, 0.1) is 16.0 Å². The van der Waals surface area contributed by atoms with Crippen LogP contribution in [0.1, 0.15) is 38.6 Å². The zero-order valence-electron chi connectivity index (χ0n) is 15.8. The number of hydrogen-bond acceptors (Lipinski definition) is 6. The molecule has 1 aliphatic heterocycles. The minimum Gasteiger partial charge on any atom is -0.342 e. The van der Waals surface area contributed by atoms with Crippen LogP contribution in [-0.4, -0.2) is 49.3 Å². The Balaban J connectivity index is 1.48. The Morgan fingerprint density at radius 2 is 1.86 bits per heavy atom. The third-order valence-electron chi connectivity index (χ3n) is 5.37. The molecule has 2 aliphatic rings. The van der Waals surface area contributed by atoms with E-state index < -0.39 is 4.92 Å². The summed E-state index contributed by atoms with van der Waals surface area (Å²) in [5.74, 6) is 1.91. The molecule has 0 N–H and O–H groups in total. The molecule has 8 nitrogen and oxygen atoms in total. The first kappa shape index (κ1) is 18.9. The average molecular weight is 401 g/mol. The Morgan fingerprint density at radius 3 is 2.46 bits per heavy atom. The number of hydrogen-bond donors (Lipinski definition) is 0. The topological polar surface area (TPSA) is 94.2 Å². The van der Waals surface area contributed by atoms with Crippen molar-refractivity contribution < 1.29 is 9.72 Å². The lowest BCUT2D eigenvalue weighted by Crippen LogP contribution is -2.38. The first-order chi connectivity index (χ1) is 13.5. The fourth-order valence-corrected chi connectivity index (χ4v) is 4.35. The number of nitrogens with zero attached hydrogens (tertiary/aromatic N) is 5. The van der Waals surface area contributed by atoms with E-state index in [0.717, 1.165) is 49.5 Å². The molecular formula is C19H23N5O3S. The van der Waals surface area contributed by atoms with Crippen molar-refractivity contribution in [1.82, 2.24) is 19.7 Å². The molecule has 0 unspecified atom stereocenters. The zero-order chi connectivity index (χ0) is 19.7. The summed E-state index contributed by atoms with van der Waals surface area (Å²) in [7, 11) is 0. The SMILES string of the molecule is CC1CCN(C(=O)CSc2nnc(-c3ccc([N+](=O)[O-])cc3)n2C2CC2)CC1. The standard InChI is InChI=1S/C19H23N5O3S/c1-13-8-10-22(11-9-13)17(25)12-28-19-21-20-18(23(19)15-6-7-15)14-2-4-16(5-3-14)24(26)27/h2-5,13,15H,6-12H2,1H3. The quantitative estimate of drug-likeness (QED) is 0.417. The largest absolute Gasteiger partial charge is 0.342 e. The molecule has 1 aromatic carbocycles. The highest BCUT2D eigenvalue weighted by atomic mass is 32.2. The van der Waals surface area contributed by atoms with E-state index in [1.165, 1.54) is 23.9 Å². The van der Waals surface area contributed by atoms with Crippen molar-refractivity contribution in [2.24, 2.45) is 5.92 Å². The van der Waals surface area contributed by atoms with Gasteiger partial charge in [0.05, 0.1) is 10.7 Å². The lowest BCUT2D eigenvalue weighted by atomic mass is 9.99. The normalized spacial score (nSPS) is 17.7. The van der Waals surface area contributed by atoms with E-state index in [9.17, 15) is 14.9 Å². The van der Waals surface area contributed by atoms with Crippen molar-refractivity contribution in [1.29, 1.82) is 0 Å². The van der Waals surface area contributed by atoms with Crippen LogP contribution in [0.2, 0.25) is 0 Å². The minimum absolute atomic E-state index is 0.0530. The van der Waals surface area contributed by atoms with Gasteiger partial charge in [-0.2, -0.15) is 0 Å². The Labute approximate surface area is 167 Å².